The molecule has 0 radical (unpaired) electrons. The lowest BCUT2D eigenvalue weighted by Gasteiger charge is -2.55. The summed E-state index contributed by atoms with van der Waals surface area (Å²) in [5.41, 5.74) is 0.955. The van der Waals surface area contributed by atoms with Gasteiger partial charge in [0.15, 0.2) is 5.82 Å². The number of halogens is 1. The highest BCUT2D eigenvalue weighted by Gasteiger charge is 2.55. The molecule has 2 aromatic rings. The number of benzene rings is 1. The van der Waals surface area contributed by atoms with Crippen molar-refractivity contribution in [2.24, 2.45) is 11.8 Å². The Morgan fingerprint density at radius 2 is 1.77 bits per heavy atom. The van der Waals surface area contributed by atoms with Crippen molar-refractivity contribution in [1.82, 2.24) is 14.8 Å². The Hall–Kier alpha value is -1.88. The van der Waals surface area contributed by atoms with E-state index < -0.39 is 0 Å². The Kier molecular flexibility index (Phi) is 5.12. The predicted molar refractivity (Wildman–Crippen MR) is 120 cm³/mol. The van der Waals surface area contributed by atoms with Crippen LogP contribution in [0.25, 0.3) is 11.4 Å². The van der Waals surface area contributed by atoms with Crippen LogP contribution in [0.4, 0.5) is 5.95 Å². The van der Waals surface area contributed by atoms with Gasteiger partial charge in [0.1, 0.15) is 0 Å². The number of carbonyl (C=O) groups is 1. The van der Waals surface area contributed by atoms with Crippen molar-refractivity contribution in [2.45, 2.75) is 83.2 Å². The molecular formula is C24H31ClN4O. The molecule has 1 amide bonds. The van der Waals surface area contributed by atoms with E-state index in [1.165, 1.54) is 38.5 Å². The maximum Gasteiger partial charge on any atom is 0.232 e. The molecule has 5 rings (SSSR count). The molecule has 6 heteroatoms. The van der Waals surface area contributed by atoms with Gasteiger partial charge in [0.2, 0.25) is 11.9 Å². The van der Waals surface area contributed by atoms with Gasteiger partial charge >= 0.3 is 0 Å². The van der Waals surface area contributed by atoms with Gasteiger partial charge in [-0.25, -0.2) is 4.68 Å². The first-order valence-electron chi connectivity index (χ1n) is 11.6. The summed E-state index contributed by atoms with van der Waals surface area (Å²) in [6.45, 7) is 3.98. The van der Waals surface area contributed by atoms with Crippen LogP contribution in [-0.4, -0.2) is 26.7 Å². The molecule has 2 heterocycles. The first kappa shape index (κ1) is 20.0. The Morgan fingerprint density at radius 1 is 1.07 bits per heavy atom. The average Bonchev–Trinajstić information content (AvgIpc) is 3.21. The fourth-order valence-electron chi connectivity index (χ4n) is 6.12. The summed E-state index contributed by atoms with van der Waals surface area (Å²) in [5.74, 6) is 2.06. The summed E-state index contributed by atoms with van der Waals surface area (Å²) >= 11 is 6.10. The number of carbonyl (C=O) groups excluding carboxylic acids is 1. The first-order chi connectivity index (χ1) is 14.5. The minimum atomic E-state index is -0.0582. The topological polar surface area (TPSA) is 51.0 Å². The summed E-state index contributed by atoms with van der Waals surface area (Å²) < 4.78 is 2.18. The van der Waals surface area contributed by atoms with E-state index >= 15 is 0 Å². The number of amides is 1. The molecule has 2 fully saturated rings. The maximum atomic E-state index is 13.4. The van der Waals surface area contributed by atoms with Gasteiger partial charge in [0.05, 0.1) is 5.54 Å². The van der Waals surface area contributed by atoms with Crippen LogP contribution in [0.1, 0.15) is 71.6 Å². The molecule has 1 spiro atoms. The molecule has 1 aliphatic heterocycles. The smallest absolute Gasteiger partial charge is 0.232 e. The summed E-state index contributed by atoms with van der Waals surface area (Å²) in [6.07, 6.45) is 10.8. The molecular weight excluding hydrogens is 396 g/mol. The molecule has 0 saturated heterocycles. The summed E-state index contributed by atoms with van der Waals surface area (Å²) in [4.78, 5) is 20.4. The Morgan fingerprint density at radius 3 is 2.47 bits per heavy atom. The summed E-state index contributed by atoms with van der Waals surface area (Å²) in [5, 5.41) is 5.78. The summed E-state index contributed by atoms with van der Waals surface area (Å²) in [6, 6.07) is 7.95. The van der Waals surface area contributed by atoms with Crippen molar-refractivity contribution < 1.29 is 4.79 Å². The van der Waals surface area contributed by atoms with Crippen LogP contribution in [-0.2, 0) is 10.3 Å². The van der Waals surface area contributed by atoms with Crippen LogP contribution in [0.2, 0.25) is 5.02 Å². The van der Waals surface area contributed by atoms with Crippen molar-refractivity contribution in [2.75, 3.05) is 4.90 Å². The van der Waals surface area contributed by atoms with Crippen LogP contribution in [0, 0.1) is 11.8 Å². The second-order valence-electron chi connectivity index (χ2n) is 9.64. The van der Waals surface area contributed by atoms with Gasteiger partial charge in [-0.3, -0.25) is 9.69 Å². The van der Waals surface area contributed by atoms with Crippen molar-refractivity contribution in [3.8, 4) is 11.4 Å². The lowest BCUT2D eigenvalue weighted by molar-refractivity contribution is -0.123. The van der Waals surface area contributed by atoms with Crippen LogP contribution in [0.5, 0.6) is 0 Å². The third kappa shape index (κ3) is 3.08. The molecule has 2 aliphatic carbocycles. The average molecular weight is 427 g/mol. The third-order valence-corrected chi connectivity index (χ3v) is 7.78. The fraction of sp³-hybridized carbons (Fsp3) is 0.625. The molecule has 1 aromatic carbocycles. The van der Waals surface area contributed by atoms with Gasteiger partial charge < -0.3 is 0 Å². The second kappa shape index (κ2) is 7.67. The maximum absolute atomic E-state index is 13.4. The molecule has 1 aromatic heterocycles. The fourth-order valence-corrected chi connectivity index (χ4v) is 6.25. The standard InChI is InChI=1S/C24H31ClN4O/c1-16(2)22(30)28-20-9-5-4-8-19(20)24(14-6-3-7-15-24)29-23(28)26-21(27-29)17-10-12-18(25)13-11-17/h10-13,16,19-20H,3-9,14-15H2,1-2H3. The number of hydrogen-bond donors (Lipinski definition) is 0. The van der Waals surface area contributed by atoms with Crippen LogP contribution < -0.4 is 4.90 Å². The second-order valence-corrected chi connectivity index (χ2v) is 10.1. The Bertz CT molecular complexity index is 929. The van der Waals surface area contributed by atoms with Gasteiger partial charge in [-0.2, -0.15) is 4.98 Å². The zero-order valence-corrected chi connectivity index (χ0v) is 18.7. The van der Waals surface area contributed by atoms with Crippen molar-refractivity contribution >= 4 is 23.5 Å². The SMILES string of the molecule is CC(C)C(=O)N1c2nc(-c3ccc(Cl)cc3)nn2C2(CCCCC2)C2CCCCC21. The molecule has 0 N–H and O–H groups in total. The van der Waals surface area contributed by atoms with E-state index in [0.29, 0.717) is 16.8 Å². The van der Waals surface area contributed by atoms with Gasteiger partial charge in [-0.15, -0.1) is 5.10 Å². The number of nitrogens with zero attached hydrogens (tertiary/aromatic N) is 4. The molecule has 2 atom stereocenters. The highest BCUT2D eigenvalue weighted by atomic mass is 35.5. The number of aromatic nitrogens is 3. The molecule has 5 nitrogen and oxygen atoms in total. The van der Waals surface area contributed by atoms with E-state index in [2.05, 4.69) is 4.68 Å². The van der Waals surface area contributed by atoms with E-state index in [1.807, 2.05) is 43.0 Å². The zero-order chi connectivity index (χ0) is 20.9. The van der Waals surface area contributed by atoms with E-state index in [1.54, 1.807) is 0 Å². The highest BCUT2D eigenvalue weighted by molar-refractivity contribution is 6.30. The van der Waals surface area contributed by atoms with E-state index in [0.717, 1.165) is 30.8 Å². The van der Waals surface area contributed by atoms with Crippen molar-refractivity contribution in [3.05, 3.63) is 29.3 Å². The molecule has 3 aliphatic rings. The minimum absolute atomic E-state index is 0.00407. The lowest BCUT2D eigenvalue weighted by Crippen LogP contribution is -2.62. The van der Waals surface area contributed by atoms with Crippen LogP contribution >= 0.6 is 11.6 Å². The minimum Gasteiger partial charge on any atom is -0.277 e. The largest absolute Gasteiger partial charge is 0.277 e. The number of fused-ring (bicyclic) bond motifs is 4. The monoisotopic (exact) mass is 426 g/mol. The molecule has 2 unspecified atom stereocenters. The number of anilines is 1. The molecule has 30 heavy (non-hydrogen) atoms. The third-order valence-electron chi connectivity index (χ3n) is 7.53. The van der Waals surface area contributed by atoms with E-state index in [-0.39, 0.29) is 23.4 Å². The normalized spacial score (nSPS) is 25.3. The zero-order valence-electron chi connectivity index (χ0n) is 18.0. The van der Waals surface area contributed by atoms with E-state index in [4.69, 9.17) is 21.7 Å². The summed E-state index contributed by atoms with van der Waals surface area (Å²) in [7, 11) is 0. The molecule has 160 valence electrons. The van der Waals surface area contributed by atoms with Crippen molar-refractivity contribution in [1.29, 1.82) is 0 Å². The molecule has 2 saturated carbocycles. The van der Waals surface area contributed by atoms with Gasteiger partial charge in [0, 0.05) is 28.5 Å². The predicted octanol–water partition coefficient (Wildman–Crippen LogP) is 5.82. The molecule has 0 bridgehead atoms. The van der Waals surface area contributed by atoms with Crippen LogP contribution in [0.15, 0.2) is 24.3 Å². The van der Waals surface area contributed by atoms with Crippen LogP contribution in [0.3, 0.4) is 0 Å². The highest BCUT2D eigenvalue weighted by Crippen LogP contribution is 2.53. The van der Waals surface area contributed by atoms with E-state index in [9.17, 15) is 4.79 Å². The Labute approximate surface area is 183 Å². The van der Waals surface area contributed by atoms with Crippen molar-refractivity contribution in [3.63, 3.8) is 0 Å². The Balaban J connectivity index is 1.70. The van der Waals surface area contributed by atoms with Gasteiger partial charge in [-0.05, 0) is 49.9 Å². The number of rotatable bonds is 2. The van der Waals surface area contributed by atoms with Gasteiger partial charge in [-0.1, -0.05) is 57.6 Å². The first-order valence-corrected chi connectivity index (χ1v) is 12.0. The number of hydrogen-bond acceptors (Lipinski definition) is 3. The lowest BCUT2D eigenvalue weighted by atomic mass is 9.64. The quantitative estimate of drug-likeness (QED) is 0.607. The van der Waals surface area contributed by atoms with Gasteiger partial charge in [0.25, 0.3) is 0 Å².